The van der Waals surface area contributed by atoms with E-state index in [1.807, 2.05) is 6.07 Å². The van der Waals surface area contributed by atoms with E-state index in [0.717, 1.165) is 0 Å². The molecule has 0 N–H and O–H groups in total. The Labute approximate surface area is 97.5 Å². The summed E-state index contributed by atoms with van der Waals surface area (Å²) in [6, 6.07) is 11.1. The van der Waals surface area contributed by atoms with E-state index in [4.69, 9.17) is 5.26 Å². The van der Waals surface area contributed by atoms with Gasteiger partial charge in [0.2, 0.25) is 9.84 Å². The Bertz CT molecular complexity index is 620. The van der Waals surface area contributed by atoms with Crippen molar-refractivity contribution in [3.05, 3.63) is 47.3 Å². The first kappa shape index (κ1) is 10.9. The van der Waals surface area contributed by atoms with Crippen LogP contribution in [0.4, 0.5) is 0 Å². The molecule has 3 nitrogen and oxygen atoms in total. The standard InChI is InChI=1S/C11H7NO2S2/c12-8-9-3-5-10(6-4-9)16(13,14)11-2-1-7-15-11/h1-7H. The van der Waals surface area contributed by atoms with Crippen LogP contribution < -0.4 is 0 Å². The van der Waals surface area contributed by atoms with Gasteiger partial charge in [0.05, 0.1) is 16.5 Å². The number of nitrogens with zero attached hydrogens (tertiary/aromatic N) is 1. The first-order valence-electron chi connectivity index (χ1n) is 4.43. The Morgan fingerprint density at radius 3 is 2.31 bits per heavy atom. The van der Waals surface area contributed by atoms with Crippen LogP contribution in [0.3, 0.4) is 0 Å². The summed E-state index contributed by atoms with van der Waals surface area (Å²) < 4.78 is 24.4. The van der Waals surface area contributed by atoms with Crippen LogP contribution in [0.1, 0.15) is 5.56 Å². The summed E-state index contributed by atoms with van der Waals surface area (Å²) in [4.78, 5) is 0.217. The monoisotopic (exact) mass is 249 g/mol. The molecule has 0 unspecified atom stereocenters. The molecule has 0 saturated heterocycles. The van der Waals surface area contributed by atoms with E-state index in [1.54, 1.807) is 17.5 Å². The molecule has 5 heteroatoms. The van der Waals surface area contributed by atoms with E-state index < -0.39 is 9.84 Å². The lowest BCUT2D eigenvalue weighted by Crippen LogP contribution is -1.99. The van der Waals surface area contributed by atoms with Crippen LogP contribution in [0.25, 0.3) is 0 Å². The zero-order chi connectivity index (χ0) is 11.6. The number of rotatable bonds is 2. The molecule has 1 heterocycles. The van der Waals surface area contributed by atoms with Crippen molar-refractivity contribution < 1.29 is 8.42 Å². The average molecular weight is 249 g/mol. The third-order valence-corrected chi connectivity index (χ3v) is 5.22. The number of hydrogen-bond acceptors (Lipinski definition) is 4. The van der Waals surface area contributed by atoms with Gasteiger partial charge in [0, 0.05) is 0 Å². The molecule has 0 atom stereocenters. The molecule has 0 saturated carbocycles. The van der Waals surface area contributed by atoms with E-state index in [0.29, 0.717) is 9.77 Å². The first-order valence-corrected chi connectivity index (χ1v) is 6.79. The summed E-state index contributed by atoms with van der Waals surface area (Å²) in [5.74, 6) is 0. The third-order valence-electron chi connectivity index (χ3n) is 2.05. The summed E-state index contributed by atoms with van der Waals surface area (Å²) in [5, 5.41) is 10.3. The fourth-order valence-corrected chi connectivity index (χ4v) is 3.64. The SMILES string of the molecule is N#Cc1ccc(S(=O)(=O)c2cccs2)cc1. The Morgan fingerprint density at radius 1 is 1.12 bits per heavy atom. The molecule has 1 aromatic carbocycles. The smallest absolute Gasteiger partial charge is 0.215 e. The molecule has 0 aliphatic heterocycles. The van der Waals surface area contributed by atoms with E-state index >= 15 is 0 Å². The minimum Gasteiger partial charge on any atom is -0.218 e. The number of hydrogen-bond donors (Lipinski definition) is 0. The van der Waals surface area contributed by atoms with Crippen LogP contribution in [-0.2, 0) is 9.84 Å². The largest absolute Gasteiger partial charge is 0.218 e. The van der Waals surface area contributed by atoms with Crippen molar-refractivity contribution in [3.8, 4) is 6.07 Å². The van der Waals surface area contributed by atoms with E-state index in [1.165, 1.54) is 35.6 Å². The Balaban J connectivity index is 2.49. The molecule has 16 heavy (non-hydrogen) atoms. The van der Waals surface area contributed by atoms with Crippen molar-refractivity contribution in [1.29, 1.82) is 5.26 Å². The topological polar surface area (TPSA) is 57.9 Å². The van der Waals surface area contributed by atoms with Gasteiger partial charge in [-0.1, -0.05) is 6.07 Å². The predicted octanol–water partition coefficient (Wildman–Crippen LogP) is 2.45. The lowest BCUT2D eigenvalue weighted by Gasteiger charge is -2.00. The second-order valence-corrected chi connectivity index (χ2v) is 6.20. The normalized spacial score (nSPS) is 10.9. The summed E-state index contributed by atoms with van der Waals surface area (Å²) in [6.45, 7) is 0. The highest BCUT2D eigenvalue weighted by molar-refractivity contribution is 7.93. The van der Waals surface area contributed by atoms with Gasteiger partial charge in [-0.15, -0.1) is 11.3 Å². The molecular formula is C11H7NO2S2. The summed E-state index contributed by atoms with van der Waals surface area (Å²) in [5.41, 5.74) is 0.449. The molecule has 0 bridgehead atoms. The van der Waals surface area contributed by atoms with Crippen molar-refractivity contribution in [2.24, 2.45) is 0 Å². The Kier molecular flexibility index (Phi) is 2.77. The van der Waals surface area contributed by atoms with E-state index in [-0.39, 0.29) is 4.90 Å². The maximum absolute atomic E-state index is 12.0. The molecule has 1 aromatic heterocycles. The van der Waals surface area contributed by atoms with Gasteiger partial charge in [0.1, 0.15) is 4.21 Å². The van der Waals surface area contributed by atoms with Gasteiger partial charge < -0.3 is 0 Å². The van der Waals surface area contributed by atoms with Crippen LogP contribution in [-0.4, -0.2) is 8.42 Å². The van der Waals surface area contributed by atoms with Crippen molar-refractivity contribution in [2.45, 2.75) is 9.10 Å². The van der Waals surface area contributed by atoms with Gasteiger partial charge in [-0.3, -0.25) is 0 Å². The second-order valence-electron chi connectivity index (χ2n) is 3.07. The number of benzene rings is 1. The molecule has 2 rings (SSSR count). The van der Waals surface area contributed by atoms with Crippen molar-refractivity contribution >= 4 is 21.2 Å². The molecule has 2 aromatic rings. The van der Waals surface area contributed by atoms with Gasteiger partial charge in [-0.2, -0.15) is 5.26 Å². The number of nitriles is 1. The third kappa shape index (κ3) is 1.85. The first-order chi connectivity index (χ1) is 7.64. The molecule has 80 valence electrons. The lowest BCUT2D eigenvalue weighted by atomic mass is 10.2. The second kappa shape index (κ2) is 4.08. The minimum absolute atomic E-state index is 0.217. The van der Waals surface area contributed by atoms with Gasteiger partial charge >= 0.3 is 0 Å². The zero-order valence-corrected chi connectivity index (χ0v) is 9.75. The maximum atomic E-state index is 12.0. The lowest BCUT2D eigenvalue weighted by molar-refractivity contribution is 0.598. The average Bonchev–Trinajstić information content (AvgIpc) is 2.83. The molecular weight excluding hydrogens is 242 g/mol. The van der Waals surface area contributed by atoms with Crippen LogP contribution in [0.2, 0.25) is 0 Å². The molecule has 0 aliphatic rings. The van der Waals surface area contributed by atoms with Gasteiger partial charge in [-0.05, 0) is 35.7 Å². The summed E-state index contributed by atoms with van der Waals surface area (Å²) >= 11 is 1.18. The van der Waals surface area contributed by atoms with E-state index in [2.05, 4.69) is 0 Å². The molecule has 0 spiro atoms. The number of thiophene rings is 1. The van der Waals surface area contributed by atoms with Crippen molar-refractivity contribution in [1.82, 2.24) is 0 Å². The van der Waals surface area contributed by atoms with E-state index in [9.17, 15) is 8.42 Å². The van der Waals surface area contributed by atoms with Crippen LogP contribution in [0.15, 0.2) is 50.9 Å². The fraction of sp³-hybridized carbons (Fsp3) is 0. The molecule has 0 amide bonds. The zero-order valence-electron chi connectivity index (χ0n) is 8.12. The van der Waals surface area contributed by atoms with Crippen LogP contribution in [0, 0.1) is 11.3 Å². The van der Waals surface area contributed by atoms with Crippen LogP contribution in [0.5, 0.6) is 0 Å². The maximum Gasteiger partial charge on any atom is 0.215 e. The highest BCUT2D eigenvalue weighted by Gasteiger charge is 2.17. The molecule has 0 aliphatic carbocycles. The fourth-order valence-electron chi connectivity index (χ4n) is 1.24. The quantitative estimate of drug-likeness (QED) is 0.821. The molecule has 0 fully saturated rings. The summed E-state index contributed by atoms with van der Waals surface area (Å²) in [7, 11) is -3.41. The Hall–Kier alpha value is -1.64. The van der Waals surface area contributed by atoms with Gasteiger partial charge in [0.15, 0.2) is 0 Å². The van der Waals surface area contributed by atoms with Crippen LogP contribution >= 0.6 is 11.3 Å². The Morgan fingerprint density at radius 2 is 1.81 bits per heavy atom. The number of sulfone groups is 1. The van der Waals surface area contributed by atoms with Gasteiger partial charge in [-0.25, -0.2) is 8.42 Å². The van der Waals surface area contributed by atoms with Crippen molar-refractivity contribution in [3.63, 3.8) is 0 Å². The van der Waals surface area contributed by atoms with Gasteiger partial charge in [0.25, 0.3) is 0 Å². The van der Waals surface area contributed by atoms with Crippen molar-refractivity contribution in [2.75, 3.05) is 0 Å². The highest BCUT2D eigenvalue weighted by Crippen LogP contribution is 2.24. The minimum atomic E-state index is -3.41. The summed E-state index contributed by atoms with van der Waals surface area (Å²) in [6.07, 6.45) is 0. The highest BCUT2D eigenvalue weighted by atomic mass is 32.2. The predicted molar refractivity (Wildman–Crippen MR) is 60.9 cm³/mol. The molecule has 0 radical (unpaired) electrons.